The predicted molar refractivity (Wildman–Crippen MR) is 84.7 cm³/mol. The van der Waals surface area contributed by atoms with Gasteiger partial charge in [0.15, 0.2) is 0 Å². The molecule has 2 aromatic heterocycles. The Kier molecular flexibility index (Phi) is 4.37. The van der Waals surface area contributed by atoms with Crippen LogP contribution in [0.15, 0.2) is 55.4 Å². The van der Waals surface area contributed by atoms with Crippen molar-refractivity contribution in [1.29, 1.82) is 0 Å². The second-order valence-corrected chi connectivity index (χ2v) is 4.89. The second-order valence-electron chi connectivity index (χ2n) is 4.89. The van der Waals surface area contributed by atoms with Crippen LogP contribution in [-0.4, -0.2) is 38.9 Å². The Morgan fingerprint density at radius 3 is 2.91 bits per heavy atom. The lowest BCUT2D eigenvalue weighted by Gasteiger charge is -2.11. The van der Waals surface area contributed by atoms with E-state index in [4.69, 9.17) is 4.74 Å². The predicted octanol–water partition coefficient (Wildman–Crippen LogP) is 1.51. The molecule has 0 unspecified atom stereocenters. The van der Waals surface area contributed by atoms with E-state index in [2.05, 4.69) is 15.4 Å². The van der Waals surface area contributed by atoms with Crippen LogP contribution in [0.4, 0.5) is 0 Å². The minimum Gasteiger partial charge on any atom is -0.494 e. The first-order chi connectivity index (χ1) is 11.3. The molecule has 0 fully saturated rings. The van der Waals surface area contributed by atoms with E-state index in [0.717, 1.165) is 5.69 Å². The van der Waals surface area contributed by atoms with Gasteiger partial charge in [-0.3, -0.25) is 4.79 Å². The number of carbonyl (C=O) groups excluding carboxylic acids is 1. The van der Waals surface area contributed by atoms with Crippen LogP contribution in [0.2, 0.25) is 0 Å². The summed E-state index contributed by atoms with van der Waals surface area (Å²) in [5.41, 5.74) is 1.28. The molecule has 0 spiro atoms. The van der Waals surface area contributed by atoms with Gasteiger partial charge in [-0.05, 0) is 24.3 Å². The van der Waals surface area contributed by atoms with Crippen molar-refractivity contribution in [2.75, 3.05) is 13.7 Å². The van der Waals surface area contributed by atoms with Crippen LogP contribution in [0.5, 0.6) is 5.75 Å². The molecule has 3 rings (SSSR count). The van der Waals surface area contributed by atoms with Crippen molar-refractivity contribution in [2.24, 2.45) is 0 Å². The van der Waals surface area contributed by atoms with E-state index in [9.17, 15) is 4.79 Å². The maximum atomic E-state index is 12.3. The Morgan fingerprint density at radius 1 is 1.30 bits per heavy atom. The minimum atomic E-state index is -0.138. The Bertz CT molecular complexity index is 766. The van der Waals surface area contributed by atoms with Crippen molar-refractivity contribution in [3.63, 3.8) is 0 Å². The van der Waals surface area contributed by atoms with Crippen molar-refractivity contribution < 1.29 is 9.53 Å². The summed E-state index contributed by atoms with van der Waals surface area (Å²) in [7, 11) is 1.59. The first-order valence-corrected chi connectivity index (χ1v) is 7.20. The third-order valence-electron chi connectivity index (χ3n) is 3.41. The van der Waals surface area contributed by atoms with Crippen molar-refractivity contribution in [3.8, 4) is 11.4 Å². The summed E-state index contributed by atoms with van der Waals surface area (Å²) in [4.78, 5) is 16.3. The van der Waals surface area contributed by atoms with E-state index >= 15 is 0 Å². The number of rotatable bonds is 6. The van der Waals surface area contributed by atoms with Crippen molar-refractivity contribution >= 4 is 5.91 Å². The fraction of sp³-hybridized carbons (Fsp3) is 0.188. The number of hydrogen-bond acceptors (Lipinski definition) is 4. The molecule has 1 amide bonds. The van der Waals surface area contributed by atoms with Crippen LogP contribution in [0, 0.1) is 0 Å². The molecule has 7 nitrogen and oxygen atoms in total. The number of methoxy groups -OCH3 is 1. The van der Waals surface area contributed by atoms with E-state index in [1.807, 2.05) is 16.8 Å². The normalized spacial score (nSPS) is 10.5. The summed E-state index contributed by atoms with van der Waals surface area (Å²) in [6.45, 7) is 1.20. The van der Waals surface area contributed by atoms with Gasteiger partial charge in [0.25, 0.3) is 5.91 Å². The second kappa shape index (κ2) is 6.78. The largest absolute Gasteiger partial charge is 0.494 e. The van der Waals surface area contributed by atoms with E-state index in [1.165, 1.54) is 0 Å². The van der Waals surface area contributed by atoms with Gasteiger partial charge in [0.1, 0.15) is 11.4 Å². The molecule has 0 atom stereocenters. The highest BCUT2D eigenvalue weighted by atomic mass is 16.5. The molecule has 23 heavy (non-hydrogen) atoms. The highest BCUT2D eigenvalue weighted by Gasteiger charge is 2.11. The van der Waals surface area contributed by atoms with Gasteiger partial charge in [0, 0.05) is 43.4 Å². The van der Waals surface area contributed by atoms with Gasteiger partial charge >= 0.3 is 0 Å². The zero-order valence-electron chi connectivity index (χ0n) is 12.7. The highest BCUT2D eigenvalue weighted by molar-refractivity contribution is 5.95. The molecule has 1 N–H and O–H groups in total. The topological polar surface area (TPSA) is 74.0 Å². The van der Waals surface area contributed by atoms with Gasteiger partial charge < -0.3 is 14.6 Å². The highest BCUT2D eigenvalue weighted by Crippen LogP contribution is 2.23. The number of amides is 1. The maximum Gasteiger partial charge on any atom is 0.251 e. The van der Waals surface area contributed by atoms with Gasteiger partial charge in [-0.1, -0.05) is 0 Å². The average molecular weight is 311 g/mol. The molecule has 0 saturated carbocycles. The number of benzene rings is 1. The first kappa shape index (κ1) is 14.8. The molecule has 0 aliphatic carbocycles. The lowest BCUT2D eigenvalue weighted by Crippen LogP contribution is -2.27. The number of carbonyl (C=O) groups is 1. The number of ether oxygens (including phenoxy) is 1. The number of imidazole rings is 1. The monoisotopic (exact) mass is 311 g/mol. The summed E-state index contributed by atoms with van der Waals surface area (Å²) < 4.78 is 8.91. The number of nitrogens with zero attached hydrogens (tertiary/aromatic N) is 4. The lowest BCUT2D eigenvalue weighted by molar-refractivity contribution is 0.0952. The third kappa shape index (κ3) is 3.39. The van der Waals surface area contributed by atoms with Crippen LogP contribution in [0.3, 0.4) is 0 Å². The summed E-state index contributed by atoms with van der Waals surface area (Å²) in [5, 5.41) is 7.08. The molecule has 7 heteroatoms. The van der Waals surface area contributed by atoms with Gasteiger partial charge in [-0.25, -0.2) is 9.67 Å². The smallest absolute Gasteiger partial charge is 0.251 e. The number of hydrogen-bond donors (Lipinski definition) is 1. The quantitative estimate of drug-likeness (QED) is 0.749. The van der Waals surface area contributed by atoms with Crippen LogP contribution in [0.1, 0.15) is 10.4 Å². The van der Waals surface area contributed by atoms with Gasteiger partial charge in [-0.15, -0.1) is 0 Å². The van der Waals surface area contributed by atoms with Crippen molar-refractivity contribution in [1.82, 2.24) is 24.6 Å². The average Bonchev–Trinajstić information content (AvgIpc) is 3.27. The summed E-state index contributed by atoms with van der Waals surface area (Å²) >= 11 is 0. The molecule has 0 aliphatic heterocycles. The standard InChI is InChI=1S/C16H17N5O2/c1-23-15-4-3-13(11-14(15)21-8-2-5-19-21)16(22)18-7-10-20-9-6-17-12-20/h2-6,8-9,11-12H,7,10H2,1H3,(H,18,22). The molecular formula is C16H17N5O2. The first-order valence-electron chi connectivity index (χ1n) is 7.20. The number of aromatic nitrogens is 4. The molecule has 2 heterocycles. The summed E-state index contributed by atoms with van der Waals surface area (Å²) in [6.07, 6.45) is 8.77. The molecule has 3 aromatic rings. The maximum absolute atomic E-state index is 12.3. The van der Waals surface area contributed by atoms with Gasteiger partial charge in [0.2, 0.25) is 0 Å². The number of nitrogens with one attached hydrogen (secondary N) is 1. The minimum absolute atomic E-state index is 0.138. The molecule has 0 saturated heterocycles. The van der Waals surface area contributed by atoms with E-state index in [0.29, 0.717) is 24.4 Å². The Balaban J connectivity index is 1.72. The Labute approximate surface area is 133 Å². The zero-order chi connectivity index (χ0) is 16.1. The zero-order valence-corrected chi connectivity index (χ0v) is 12.7. The van der Waals surface area contributed by atoms with E-state index in [-0.39, 0.29) is 5.91 Å². The fourth-order valence-electron chi connectivity index (χ4n) is 2.24. The van der Waals surface area contributed by atoms with Gasteiger partial charge in [0.05, 0.1) is 13.4 Å². The summed E-state index contributed by atoms with van der Waals surface area (Å²) in [5.74, 6) is 0.518. The van der Waals surface area contributed by atoms with Crippen LogP contribution in [-0.2, 0) is 6.54 Å². The van der Waals surface area contributed by atoms with Crippen LogP contribution >= 0.6 is 0 Å². The molecule has 118 valence electrons. The fourth-order valence-corrected chi connectivity index (χ4v) is 2.24. The molecule has 0 radical (unpaired) electrons. The van der Waals surface area contributed by atoms with Crippen LogP contribution in [0.25, 0.3) is 5.69 Å². The summed E-state index contributed by atoms with van der Waals surface area (Å²) in [6, 6.07) is 7.08. The Hall–Kier alpha value is -3.09. The van der Waals surface area contributed by atoms with Crippen LogP contribution < -0.4 is 10.1 Å². The molecule has 0 aliphatic rings. The van der Waals surface area contributed by atoms with Crippen molar-refractivity contribution in [2.45, 2.75) is 6.54 Å². The van der Waals surface area contributed by atoms with Gasteiger partial charge in [-0.2, -0.15) is 5.10 Å². The van der Waals surface area contributed by atoms with Crippen molar-refractivity contribution in [3.05, 3.63) is 60.9 Å². The third-order valence-corrected chi connectivity index (χ3v) is 3.41. The SMILES string of the molecule is COc1ccc(C(=O)NCCn2ccnc2)cc1-n1cccn1. The molecular weight excluding hydrogens is 294 g/mol. The Morgan fingerprint density at radius 2 is 2.22 bits per heavy atom. The molecule has 0 bridgehead atoms. The molecule has 1 aromatic carbocycles. The lowest BCUT2D eigenvalue weighted by atomic mass is 10.1. The van der Waals surface area contributed by atoms with E-state index in [1.54, 1.807) is 54.9 Å². The van der Waals surface area contributed by atoms with E-state index < -0.39 is 0 Å².